The number of hydrogen-bond donors (Lipinski definition) is 3. The molecule has 35 heavy (non-hydrogen) atoms. The van der Waals surface area contributed by atoms with Crippen LogP contribution >= 0.6 is 0 Å². The molecule has 2 heterocycles. The lowest BCUT2D eigenvalue weighted by Crippen LogP contribution is -2.21. The Labute approximate surface area is 198 Å². The van der Waals surface area contributed by atoms with Crippen LogP contribution in [0.25, 0.3) is 11.3 Å². The largest absolute Gasteiger partial charge is 0.490 e. The first-order valence-electron chi connectivity index (χ1n) is 10.7. The summed E-state index contributed by atoms with van der Waals surface area (Å²) >= 11 is 0. The van der Waals surface area contributed by atoms with Crippen LogP contribution in [0.15, 0.2) is 97.1 Å². The number of alkyl halides is 3. The highest BCUT2D eigenvalue weighted by atomic mass is 19.4. The molecule has 2 unspecified atom stereocenters. The van der Waals surface area contributed by atoms with E-state index in [2.05, 4.69) is 75.5 Å². The number of fused-ring (bicyclic) bond motifs is 1. The lowest BCUT2D eigenvalue weighted by atomic mass is 9.94. The molecule has 0 amide bonds. The maximum Gasteiger partial charge on any atom is 0.490 e. The van der Waals surface area contributed by atoms with Crippen molar-refractivity contribution in [3.63, 3.8) is 0 Å². The normalized spacial score (nSPS) is 16.4. The Bertz CT molecular complexity index is 1360. The molecule has 1 aromatic heterocycles. The number of rotatable bonds is 3. The number of aliphatic carboxylic acids is 1. The van der Waals surface area contributed by atoms with E-state index in [-0.39, 0.29) is 17.6 Å². The number of carbonyl (C=O) groups is 1. The summed E-state index contributed by atoms with van der Waals surface area (Å²) in [5.41, 5.74) is 4.75. The average Bonchev–Trinajstić information content (AvgIpc) is 3.24. The van der Waals surface area contributed by atoms with Gasteiger partial charge in [-0.05, 0) is 16.7 Å². The van der Waals surface area contributed by atoms with Crippen molar-refractivity contribution in [1.82, 2.24) is 9.55 Å². The van der Waals surface area contributed by atoms with E-state index in [1.165, 1.54) is 11.1 Å². The summed E-state index contributed by atoms with van der Waals surface area (Å²) in [5, 5.41) is 18.9. The predicted octanol–water partition coefficient (Wildman–Crippen LogP) is 5.42. The summed E-state index contributed by atoms with van der Waals surface area (Å²) in [6.45, 7) is 0. The van der Waals surface area contributed by atoms with Gasteiger partial charge in [0.1, 0.15) is 0 Å². The smallest absolute Gasteiger partial charge is 0.475 e. The number of nitrogens with one attached hydrogen (secondary N) is 2. The molecular weight excluding hydrogens is 457 g/mol. The predicted molar refractivity (Wildman–Crippen MR) is 125 cm³/mol. The van der Waals surface area contributed by atoms with Gasteiger partial charge in [-0.2, -0.15) is 18.2 Å². The van der Waals surface area contributed by atoms with Gasteiger partial charge in [0.2, 0.25) is 5.95 Å². The van der Waals surface area contributed by atoms with Crippen molar-refractivity contribution < 1.29 is 23.1 Å². The van der Waals surface area contributed by atoms with E-state index in [1.807, 2.05) is 36.4 Å². The number of carboxylic acids is 1. The minimum atomic E-state index is -5.08. The second kappa shape index (κ2) is 9.84. The molecule has 3 aromatic carbocycles. The van der Waals surface area contributed by atoms with Gasteiger partial charge in [0, 0.05) is 6.07 Å². The molecule has 0 radical (unpaired) electrons. The molecule has 0 saturated carbocycles. The number of aromatic nitrogens is 2. The number of benzene rings is 3. The van der Waals surface area contributed by atoms with Crippen LogP contribution in [0, 0.1) is 5.41 Å². The third kappa shape index (κ3) is 5.24. The van der Waals surface area contributed by atoms with Gasteiger partial charge < -0.3 is 15.0 Å². The monoisotopic (exact) mass is 478 g/mol. The minimum absolute atomic E-state index is 0.0420. The lowest BCUT2D eigenvalue weighted by molar-refractivity contribution is -0.192. The van der Waals surface area contributed by atoms with Crippen LogP contribution in [-0.4, -0.2) is 26.8 Å². The van der Waals surface area contributed by atoms with Crippen molar-refractivity contribution in [2.24, 2.45) is 0 Å². The summed E-state index contributed by atoms with van der Waals surface area (Å²) in [5.74, 6) is -2.03. The molecule has 3 N–H and O–H groups in total. The zero-order valence-corrected chi connectivity index (χ0v) is 18.3. The van der Waals surface area contributed by atoms with E-state index in [0.717, 1.165) is 17.2 Å². The first kappa shape index (κ1) is 23.7. The Morgan fingerprint density at radius 3 is 1.89 bits per heavy atom. The summed E-state index contributed by atoms with van der Waals surface area (Å²) in [4.78, 5) is 13.4. The molecule has 1 aliphatic rings. The second-order valence-electron chi connectivity index (χ2n) is 7.78. The summed E-state index contributed by atoms with van der Waals surface area (Å²) in [6, 6.07) is 33.1. The third-order valence-corrected chi connectivity index (χ3v) is 5.48. The lowest BCUT2D eigenvalue weighted by Gasteiger charge is -2.24. The highest BCUT2D eigenvalue weighted by Crippen LogP contribution is 2.43. The van der Waals surface area contributed by atoms with E-state index in [0.29, 0.717) is 0 Å². The van der Waals surface area contributed by atoms with Crippen molar-refractivity contribution in [1.29, 1.82) is 5.41 Å². The third-order valence-electron chi connectivity index (χ3n) is 5.48. The fraction of sp³-hybridized carbons (Fsp3) is 0.115. The van der Waals surface area contributed by atoms with Crippen LogP contribution < -0.4 is 10.8 Å². The molecule has 0 spiro atoms. The molecule has 4 aromatic rings. The van der Waals surface area contributed by atoms with Gasteiger partial charge >= 0.3 is 12.1 Å². The van der Waals surface area contributed by atoms with Gasteiger partial charge in [0.15, 0.2) is 5.49 Å². The van der Waals surface area contributed by atoms with Crippen molar-refractivity contribution >= 4 is 11.9 Å². The Morgan fingerprint density at radius 2 is 1.37 bits per heavy atom. The van der Waals surface area contributed by atoms with Crippen molar-refractivity contribution in [2.45, 2.75) is 18.3 Å². The molecule has 9 heteroatoms. The minimum Gasteiger partial charge on any atom is -0.475 e. The van der Waals surface area contributed by atoms with Crippen molar-refractivity contribution in [3.05, 3.63) is 114 Å². The Morgan fingerprint density at radius 1 is 0.886 bits per heavy atom. The van der Waals surface area contributed by atoms with Crippen molar-refractivity contribution in [2.75, 3.05) is 5.32 Å². The molecular formula is C26H21F3N4O2. The van der Waals surface area contributed by atoms with E-state index in [1.54, 1.807) is 0 Å². The highest BCUT2D eigenvalue weighted by Gasteiger charge is 2.38. The number of carboxylic acid groups (broad SMARTS) is 1. The van der Waals surface area contributed by atoms with Crippen LogP contribution in [0.2, 0.25) is 0 Å². The van der Waals surface area contributed by atoms with Gasteiger partial charge in [0.05, 0.1) is 17.8 Å². The number of hydrogen-bond acceptors (Lipinski definition) is 4. The Balaban J connectivity index is 0.000000364. The van der Waals surface area contributed by atoms with Crippen LogP contribution in [0.5, 0.6) is 0 Å². The number of anilines is 1. The maximum absolute atomic E-state index is 10.6. The van der Waals surface area contributed by atoms with E-state index in [4.69, 9.17) is 15.3 Å². The highest BCUT2D eigenvalue weighted by molar-refractivity contribution is 5.73. The topological polar surface area (TPSA) is 91.0 Å². The van der Waals surface area contributed by atoms with Gasteiger partial charge in [-0.1, -0.05) is 91.0 Å². The fourth-order valence-corrected chi connectivity index (χ4v) is 4.01. The Kier molecular flexibility index (Phi) is 6.68. The molecule has 5 rings (SSSR count). The first-order valence-corrected chi connectivity index (χ1v) is 10.7. The van der Waals surface area contributed by atoms with Gasteiger partial charge in [-0.15, -0.1) is 0 Å². The molecule has 6 nitrogen and oxygen atoms in total. The van der Waals surface area contributed by atoms with Crippen LogP contribution in [0.1, 0.15) is 23.2 Å². The molecule has 0 saturated heterocycles. The molecule has 0 aliphatic carbocycles. The number of nitrogens with zero attached hydrogens (tertiary/aromatic N) is 2. The van der Waals surface area contributed by atoms with Gasteiger partial charge in [-0.25, -0.2) is 4.79 Å². The molecule has 0 fully saturated rings. The maximum atomic E-state index is 10.6. The first-order chi connectivity index (χ1) is 16.8. The van der Waals surface area contributed by atoms with E-state index in [9.17, 15) is 13.2 Å². The fourth-order valence-electron chi connectivity index (χ4n) is 4.01. The van der Waals surface area contributed by atoms with E-state index < -0.39 is 12.1 Å². The molecule has 0 bridgehead atoms. The SMILES string of the molecule is N=c1cc(-c2ccccc2)n2c(n1)NC(c1ccccc1)C2c1ccccc1.O=C(O)C(F)(F)F. The summed E-state index contributed by atoms with van der Waals surface area (Å²) < 4.78 is 34.0. The average molecular weight is 478 g/mol. The number of halogens is 3. The zero-order chi connectivity index (χ0) is 25.0. The van der Waals surface area contributed by atoms with Crippen LogP contribution in [0.3, 0.4) is 0 Å². The van der Waals surface area contributed by atoms with Gasteiger partial charge in [-0.3, -0.25) is 5.41 Å². The molecule has 178 valence electrons. The quantitative estimate of drug-likeness (QED) is 0.367. The zero-order valence-electron chi connectivity index (χ0n) is 18.3. The van der Waals surface area contributed by atoms with Crippen LogP contribution in [0.4, 0.5) is 19.1 Å². The Hall–Kier alpha value is -4.40. The van der Waals surface area contributed by atoms with E-state index >= 15 is 0 Å². The molecule has 2 atom stereocenters. The second-order valence-corrected chi connectivity index (χ2v) is 7.78. The summed E-state index contributed by atoms with van der Waals surface area (Å²) in [6.07, 6.45) is -5.08. The van der Waals surface area contributed by atoms with Crippen LogP contribution in [-0.2, 0) is 4.79 Å². The van der Waals surface area contributed by atoms with Gasteiger partial charge in [0.25, 0.3) is 0 Å². The summed E-state index contributed by atoms with van der Waals surface area (Å²) in [7, 11) is 0. The van der Waals surface area contributed by atoms with Crippen molar-refractivity contribution in [3.8, 4) is 11.3 Å². The molecule has 1 aliphatic heterocycles. The standard InChI is InChI=1S/C24H20N4.C2HF3O2/c25-21-16-20(17-10-4-1-5-11-17)28-23(19-14-8-3-9-15-19)22(27-24(28)26-21)18-12-6-2-7-13-18;3-2(4,5)1(6)7/h1-16,22-23H,(H2,25,26,27);(H,6,7).